The molecule has 2 aromatic rings. The number of unbranched alkanes of at least 4 members (excludes halogenated alkanes) is 6. The summed E-state index contributed by atoms with van der Waals surface area (Å²) >= 11 is 0. The second-order valence-electron chi connectivity index (χ2n) is 26.9. The number of aromatic carboxylic acids is 1. The number of ether oxygens (including phenoxy) is 1. The minimum absolute atomic E-state index is 0.0840. The van der Waals surface area contributed by atoms with Gasteiger partial charge in [0.25, 0.3) is 0 Å². The van der Waals surface area contributed by atoms with E-state index < -0.39 is 267 Å². The van der Waals surface area contributed by atoms with E-state index in [-0.39, 0.29) is 48.2 Å². The number of carbonyl (C=O) groups excluding carboxylic acids is 16. The number of primary amides is 1. The molecule has 44 nitrogen and oxygen atoms in total. The molecule has 1 heterocycles. The standard InChI is InChI=1S/C71H100N16O28/c1-5-6-7-8-9-10-11-18-51(91)79-42(25-37-19-21-38(22-20-37)70(112)113)64(106)82-43(27-50(74)90)65(107)84-46(30-57(100)101)66(108)87-59-36(4)115-71(114)47(26-49(89)39-15-12-13-16-40(39)73)85-69(111)58(34(2)24-54(94)95)86-67(109)48(33-88)80-53(93)31-75-61(103)44(28-55(96)97)81-60(102)35(3)77-63(105)45(29-56(98)99)83-62(104)41(17-14-23-72)78-52(92)32-76-68(59)110/h12-13,15-16,19-22,34-36,41-48,58-59,88H,5-11,14,17-18,23-33,72-73H2,1-4H3,(H2,74,90)(H,75,103)(H,76,110)(H,77,105)(H,78,92)(H,79,91)(H,80,93)(H,81,102)(H,82,106)(H,83,104)(H,84,107)(H,85,111)(H,86,109)(H,87,108)(H,94,95)(H,96,97)(H,98,99)(H,100,101)(H,112,113)/t34-,35-,36-,41+,42+,43-,44+,45+,46+,47+,48-,58+,59+/m1/s1. The second-order valence-corrected chi connectivity index (χ2v) is 26.9. The SMILES string of the molecule is CCCCCCCCCC(=O)N[C@@H](Cc1ccc(C(=O)O)cc1)C(=O)N[C@H](CC(N)=O)C(=O)N[C@@H](CC(=O)O)C(=O)N[C@@H]1C(=O)NCC(=O)N[C@@H](CCCN)C(=O)N[C@@H](CC(=O)O)C(=O)N[C@H](C)C(=O)N[C@@H](CC(=O)O)C(=O)NCC(=O)N[C@H](CO)C(=O)N[C@@H]([C@H](C)CC(=O)O)C(=O)N[C@@H](CC(=O)c2ccccc2N)C(=O)O[C@@H]1C. The molecule has 14 amide bonds. The van der Waals surface area contributed by atoms with Crippen molar-refractivity contribution in [1.82, 2.24) is 69.1 Å². The highest BCUT2D eigenvalue weighted by molar-refractivity contribution is 6.05. The number of cyclic esters (lactones) is 1. The Morgan fingerprint density at radius 2 is 1.05 bits per heavy atom. The van der Waals surface area contributed by atoms with Crippen molar-refractivity contribution in [2.45, 2.75) is 209 Å². The molecule has 1 saturated heterocycles. The first-order valence-corrected chi connectivity index (χ1v) is 36.4. The minimum Gasteiger partial charge on any atom is -0.481 e. The summed E-state index contributed by atoms with van der Waals surface area (Å²) in [6.07, 6.45) is -4.59. The third-order valence-corrected chi connectivity index (χ3v) is 17.4. The number of benzene rings is 2. The van der Waals surface area contributed by atoms with Gasteiger partial charge in [0.15, 0.2) is 5.78 Å². The maximum Gasteiger partial charge on any atom is 0.335 e. The molecule has 0 spiro atoms. The molecule has 632 valence electrons. The minimum atomic E-state index is -2.48. The molecule has 0 radical (unpaired) electrons. The van der Waals surface area contributed by atoms with Crippen LogP contribution in [0.15, 0.2) is 48.5 Å². The zero-order valence-corrected chi connectivity index (χ0v) is 63.4. The van der Waals surface area contributed by atoms with E-state index in [0.717, 1.165) is 52.9 Å². The Morgan fingerprint density at radius 3 is 1.61 bits per heavy atom. The van der Waals surface area contributed by atoms with Crippen LogP contribution >= 0.6 is 0 Å². The number of amides is 14. The van der Waals surface area contributed by atoms with E-state index in [9.17, 15) is 131 Å². The van der Waals surface area contributed by atoms with Crippen LogP contribution in [-0.4, -0.2) is 254 Å². The van der Waals surface area contributed by atoms with E-state index in [0.29, 0.717) is 12.8 Å². The highest BCUT2D eigenvalue weighted by atomic mass is 16.5. The molecule has 2 aromatic carbocycles. The molecule has 1 fully saturated rings. The summed E-state index contributed by atoms with van der Waals surface area (Å²) < 4.78 is 5.65. The monoisotopic (exact) mass is 1620 g/mol. The van der Waals surface area contributed by atoms with Crippen molar-refractivity contribution in [2.75, 3.05) is 32.0 Å². The van der Waals surface area contributed by atoms with Crippen LogP contribution in [0.4, 0.5) is 5.69 Å². The van der Waals surface area contributed by atoms with Gasteiger partial charge in [-0.1, -0.05) is 76.6 Å². The van der Waals surface area contributed by atoms with E-state index in [2.05, 4.69) is 47.9 Å². The predicted octanol–water partition coefficient (Wildman–Crippen LogP) is -6.40. The smallest absolute Gasteiger partial charge is 0.335 e. The van der Waals surface area contributed by atoms with Crippen molar-refractivity contribution < 1.29 is 136 Å². The van der Waals surface area contributed by atoms with Crippen LogP contribution in [0.5, 0.6) is 0 Å². The van der Waals surface area contributed by atoms with Crippen molar-refractivity contribution in [1.29, 1.82) is 0 Å². The van der Waals surface area contributed by atoms with Crippen molar-refractivity contribution in [3.8, 4) is 0 Å². The number of rotatable bonds is 36. The Morgan fingerprint density at radius 1 is 0.530 bits per heavy atom. The lowest BCUT2D eigenvalue weighted by Gasteiger charge is -2.30. The molecule has 0 unspecified atom stereocenters. The van der Waals surface area contributed by atoms with Gasteiger partial charge in [0.1, 0.15) is 72.6 Å². The lowest BCUT2D eigenvalue weighted by Crippen LogP contribution is -2.62. The predicted molar refractivity (Wildman–Crippen MR) is 395 cm³/mol. The Kier molecular flexibility index (Phi) is 41.0. The molecule has 0 saturated carbocycles. The molecular formula is C71H100N16O28. The number of carboxylic acids is 5. The van der Waals surface area contributed by atoms with E-state index in [1.54, 1.807) is 0 Å². The molecule has 13 atom stereocenters. The third-order valence-electron chi connectivity index (χ3n) is 17.4. The van der Waals surface area contributed by atoms with Gasteiger partial charge < -0.3 is 122 Å². The summed E-state index contributed by atoms with van der Waals surface area (Å²) in [5, 5.41) is 87.0. The maximum absolute atomic E-state index is 14.8. The van der Waals surface area contributed by atoms with Gasteiger partial charge in [-0.25, -0.2) is 9.59 Å². The molecule has 1 aliphatic rings. The van der Waals surface area contributed by atoms with Gasteiger partial charge >= 0.3 is 35.8 Å². The van der Waals surface area contributed by atoms with Crippen LogP contribution < -0.4 is 86.3 Å². The fraction of sp³-hybridized carbons (Fsp3) is 0.535. The lowest BCUT2D eigenvalue weighted by molar-refractivity contribution is -0.156. The summed E-state index contributed by atoms with van der Waals surface area (Å²) in [6.45, 7) is 0.993. The molecule has 25 N–H and O–H groups in total. The normalized spacial score (nSPS) is 21.1. The van der Waals surface area contributed by atoms with Crippen molar-refractivity contribution in [3.63, 3.8) is 0 Å². The average molecular weight is 1630 g/mol. The molecule has 115 heavy (non-hydrogen) atoms. The van der Waals surface area contributed by atoms with Crippen LogP contribution in [0, 0.1) is 5.92 Å². The number of aliphatic carboxylic acids is 4. The Labute approximate surface area is 656 Å². The van der Waals surface area contributed by atoms with Gasteiger partial charge in [-0.2, -0.15) is 0 Å². The molecule has 0 bridgehead atoms. The highest BCUT2D eigenvalue weighted by Crippen LogP contribution is 2.19. The Bertz CT molecular complexity index is 3880. The summed E-state index contributed by atoms with van der Waals surface area (Å²) in [7, 11) is 0. The molecule has 3 rings (SSSR count). The number of aliphatic hydroxyl groups is 1. The van der Waals surface area contributed by atoms with Crippen LogP contribution in [0.1, 0.15) is 157 Å². The first-order valence-electron chi connectivity index (χ1n) is 36.4. The number of nitrogens with one attached hydrogen (secondary N) is 13. The van der Waals surface area contributed by atoms with Crippen LogP contribution in [0.3, 0.4) is 0 Å². The van der Waals surface area contributed by atoms with Crippen molar-refractivity contribution in [3.05, 3.63) is 65.2 Å². The van der Waals surface area contributed by atoms with Gasteiger partial charge in [0, 0.05) is 30.5 Å². The Hall–Kier alpha value is -12.8. The van der Waals surface area contributed by atoms with Gasteiger partial charge in [-0.3, -0.25) is 91.1 Å². The fourth-order valence-electron chi connectivity index (χ4n) is 11.2. The van der Waals surface area contributed by atoms with E-state index >= 15 is 0 Å². The zero-order valence-electron chi connectivity index (χ0n) is 63.4. The number of para-hydroxylation sites is 1. The van der Waals surface area contributed by atoms with E-state index in [4.69, 9.17) is 21.9 Å². The number of Topliss-reactive ketones (excluding diaryl/α,β-unsaturated/α-hetero) is 1. The number of hydrogen-bond acceptors (Lipinski definition) is 25. The quantitative estimate of drug-likeness (QED) is 0.0131. The van der Waals surface area contributed by atoms with Gasteiger partial charge in [-0.15, -0.1) is 0 Å². The fourth-order valence-corrected chi connectivity index (χ4v) is 11.2. The van der Waals surface area contributed by atoms with E-state index in [1.165, 1.54) is 48.5 Å². The van der Waals surface area contributed by atoms with Crippen molar-refractivity contribution >= 4 is 130 Å². The van der Waals surface area contributed by atoms with Gasteiger partial charge in [-0.05, 0) is 75.4 Å². The number of nitrogens with two attached hydrogens (primary N) is 3. The van der Waals surface area contributed by atoms with Crippen LogP contribution in [0.25, 0.3) is 0 Å². The molecule has 0 aliphatic carbocycles. The largest absolute Gasteiger partial charge is 0.481 e. The topological polar surface area (TPSA) is 724 Å². The van der Waals surface area contributed by atoms with Crippen LogP contribution in [-0.2, 0) is 102 Å². The number of aliphatic hydroxyl groups excluding tert-OH is 1. The average Bonchev–Trinajstić information content (AvgIpc) is 0.852. The summed E-state index contributed by atoms with van der Waals surface area (Å²) in [5.41, 5.74) is 16.9. The van der Waals surface area contributed by atoms with Crippen molar-refractivity contribution in [2.24, 2.45) is 17.4 Å². The zero-order chi connectivity index (χ0) is 86.3. The molecular weight excluding hydrogens is 1520 g/mol. The first-order chi connectivity index (χ1) is 54.2. The number of hydrogen-bond donors (Lipinski definition) is 22. The number of carbonyl (C=O) groups is 21. The number of esters is 1. The van der Waals surface area contributed by atoms with Gasteiger partial charge in [0.2, 0.25) is 82.7 Å². The lowest BCUT2D eigenvalue weighted by atomic mass is 9.96. The second kappa shape index (κ2) is 48.9. The summed E-state index contributed by atoms with van der Waals surface area (Å²) in [6, 6.07) is -12.8. The first kappa shape index (κ1) is 96.4. The number of nitrogen functional groups attached to an aromatic ring is 1. The Balaban J connectivity index is 2.30. The van der Waals surface area contributed by atoms with Gasteiger partial charge in [0.05, 0.1) is 57.4 Å². The molecule has 44 heteroatoms. The number of anilines is 1. The summed E-state index contributed by atoms with van der Waals surface area (Å²) in [5.74, 6) is -31.6. The molecule has 1 aliphatic heterocycles. The number of ketones is 1. The van der Waals surface area contributed by atoms with E-state index in [1.807, 2.05) is 28.2 Å². The highest BCUT2D eigenvalue weighted by Gasteiger charge is 2.41. The maximum atomic E-state index is 14.8. The summed E-state index contributed by atoms with van der Waals surface area (Å²) in [4.78, 5) is 284. The third kappa shape index (κ3) is 34.8. The molecule has 0 aromatic heterocycles. The van der Waals surface area contributed by atoms with Crippen LogP contribution in [0.2, 0.25) is 0 Å². The number of carboxylic acid groups (broad SMARTS) is 5.